The molecule has 51 heavy (non-hydrogen) atoms. The summed E-state index contributed by atoms with van der Waals surface area (Å²) >= 11 is 0. The highest BCUT2D eigenvalue weighted by molar-refractivity contribution is 6.26. The summed E-state index contributed by atoms with van der Waals surface area (Å²) in [5, 5.41) is 20.5. The average molecular weight is 687 g/mol. The highest BCUT2D eigenvalue weighted by atomic mass is 15.2. The first-order chi connectivity index (χ1) is 24.6. The van der Waals surface area contributed by atoms with Crippen LogP contribution >= 0.6 is 0 Å². The Morgan fingerprint density at radius 3 is 2.12 bits per heavy atom. The van der Waals surface area contributed by atoms with E-state index in [9.17, 15) is 0 Å². The molecule has 7 N–H and O–H groups in total. The van der Waals surface area contributed by atoms with Gasteiger partial charge in [-0.3, -0.25) is 5.41 Å². The van der Waals surface area contributed by atoms with Gasteiger partial charge in [0.1, 0.15) is 5.84 Å². The van der Waals surface area contributed by atoms with E-state index in [0.717, 1.165) is 75.1 Å². The number of anilines is 2. The van der Waals surface area contributed by atoms with Crippen molar-refractivity contribution in [2.45, 2.75) is 71.0 Å². The molecular formula is C43H58N8. The van der Waals surface area contributed by atoms with E-state index in [1.54, 1.807) is 6.08 Å². The van der Waals surface area contributed by atoms with Crippen LogP contribution in [0.4, 0.5) is 11.4 Å². The summed E-state index contributed by atoms with van der Waals surface area (Å²) < 4.78 is 0. The third kappa shape index (κ3) is 10.0. The van der Waals surface area contributed by atoms with Gasteiger partial charge in [-0.15, -0.1) is 0 Å². The van der Waals surface area contributed by atoms with Crippen LogP contribution in [-0.2, 0) is 0 Å². The van der Waals surface area contributed by atoms with Gasteiger partial charge in [0.25, 0.3) is 0 Å². The van der Waals surface area contributed by atoms with Gasteiger partial charge in [-0.05, 0) is 99.3 Å². The predicted octanol–water partition coefficient (Wildman–Crippen LogP) is 8.23. The predicted molar refractivity (Wildman–Crippen MR) is 219 cm³/mol. The molecule has 0 bridgehead atoms. The second kappa shape index (κ2) is 18.8. The summed E-state index contributed by atoms with van der Waals surface area (Å²) in [5.41, 5.74) is 19.0. The highest BCUT2D eigenvalue weighted by Gasteiger charge is 2.29. The fourth-order valence-electron chi connectivity index (χ4n) is 7.13. The monoisotopic (exact) mass is 686 g/mol. The number of hydrogen-bond donors (Lipinski definition) is 5. The first-order valence-electron chi connectivity index (χ1n) is 18.2. The maximum Gasteiger partial charge on any atom is 0.123 e. The Labute approximate surface area is 306 Å². The lowest BCUT2D eigenvalue weighted by Crippen LogP contribution is -2.49. The van der Waals surface area contributed by atoms with Crippen molar-refractivity contribution in [3.63, 3.8) is 0 Å². The first kappa shape index (κ1) is 38.7. The molecule has 2 fully saturated rings. The quantitative estimate of drug-likeness (QED) is 0.0913. The van der Waals surface area contributed by atoms with Gasteiger partial charge in [0.15, 0.2) is 0 Å². The van der Waals surface area contributed by atoms with E-state index in [4.69, 9.17) is 16.6 Å². The van der Waals surface area contributed by atoms with E-state index in [1.807, 2.05) is 48.7 Å². The fourth-order valence-corrected chi connectivity index (χ4v) is 7.13. The van der Waals surface area contributed by atoms with Crippen molar-refractivity contribution in [1.82, 2.24) is 9.80 Å². The van der Waals surface area contributed by atoms with E-state index in [0.29, 0.717) is 29.4 Å². The number of allylic oxidation sites excluding steroid dienone is 1. The lowest BCUT2D eigenvalue weighted by Gasteiger charge is -2.42. The van der Waals surface area contributed by atoms with E-state index in [1.165, 1.54) is 28.7 Å². The Kier molecular flexibility index (Phi) is 14.3. The van der Waals surface area contributed by atoms with Crippen molar-refractivity contribution < 1.29 is 0 Å². The van der Waals surface area contributed by atoms with E-state index >= 15 is 0 Å². The fraction of sp³-hybridized carbons (Fsp3) is 0.349. The first-order valence-corrected chi connectivity index (χ1v) is 18.2. The van der Waals surface area contributed by atoms with Crippen LogP contribution in [0.1, 0.15) is 68.2 Å². The third-order valence-corrected chi connectivity index (χ3v) is 10.3. The van der Waals surface area contributed by atoms with Gasteiger partial charge in [0, 0.05) is 72.5 Å². The SMILES string of the molecule is C=CN.C=CN(C(=C)c1cccc(NC2CCN(C3CCN(c4ccc(/C(=C/C(=N)c5ccccc5)C(=N)N)cc4)CC3)CC2)c1C)C(C)CC. The third-order valence-electron chi connectivity index (χ3n) is 10.3. The number of hydrogen-bond acceptors (Lipinski definition) is 7. The number of nitrogens with zero attached hydrogens (tertiary/aromatic N) is 3. The van der Waals surface area contributed by atoms with E-state index in [-0.39, 0.29) is 5.84 Å². The van der Waals surface area contributed by atoms with Gasteiger partial charge >= 0.3 is 0 Å². The van der Waals surface area contributed by atoms with Crippen LogP contribution < -0.4 is 21.7 Å². The normalized spacial score (nSPS) is 16.3. The number of piperidine rings is 2. The lowest BCUT2D eigenvalue weighted by atomic mass is 9.96. The standard InChI is InChI=1S/C41H53N7.C2H5N/c1-6-29(3)48(7-2)31(5)37-14-11-15-40(30(37)4)45-34-20-24-46(25-21-34)36-22-26-47(27-23-36)35-18-16-32(17-19-35)38(41(43)44)28-39(42)33-12-9-8-10-13-33;1-2-3/h7-19,28-29,34,36,42,45H,2,5-6,20-27H2,1,3-4H3,(H3,43,44);2H,1,3H2/b38-28-,42-39?;. The van der Waals surface area contributed by atoms with Gasteiger partial charge in [0.05, 0.1) is 5.71 Å². The minimum absolute atomic E-state index is 0.0327. The van der Waals surface area contributed by atoms with Crippen LogP contribution in [0.5, 0.6) is 0 Å². The van der Waals surface area contributed by atoms with Crippen LogP contribution in [0.2, 0.25) is 0 Å². The van der Waals surface area contributed by atoms with Gasteiger partial charge in [0.2, 0.25) is 0 Å². The minimum Gasteiger partial charge on any atom is -0.405 e. The van der Waals surface area contributed by atoms with Crippen LogP contribution in [-0.4, -0.2) is 65.7 Å². The van der Waals surface area contributed by atoms with Crippen molar-refractivity contribution in [2.75, 3.05) is 36.4 Å². The summed E-state index contributed by atoms with van der Waals surface area (Å²) in [5.74, 6) is -0.0327. The minimum atomic E-state index is -0.0327. The molecule has 8 nitrogen and oxygen atoms in total. The molecule has 0 radical (unpaired) electrons. The van der Waals surface area contributed by atoms with Crippen molar-refractivity contribution in [1.29, 1.82) is 10.8 Å². The zero-order valence-corrected chi connectivity index (χ0v) is 30.9. The molecule has 0 amide bonds. The summed E-state index contributed by atoms with van der Waals surface area (Å²) in [6.45, 7) is 22.5. The molecule has 0 spiro atoms. The number of likely N-dealkylation sites (tertiary alicyclic amines) is 1. The molecule has 3 aromatic carbocycles. The highest BCUT2D eigenvalue weighted by Crippen LogP contribution is 2.31. The summed E-state index contributed by atoms with van der Waals surface area (Å²) in [6, 6.07) is 25.8. The van der Waals surface area contributed by atoms with Gasteiger partial charge in [-0.2, -0.15) is 0 Å². The maximum absolute atomic E-state index is 8.49. The number of benzene rings is 3. The molecule has 3 aromatic rings. The largest absolute Gasteiger partial charge is 0.405 e. The molecule has 2 aliphatic rings. The molecule has 0 aliphatic carbocycles. The Morgan fingerprint density at radius 1 is 0.922 bits per heavy atom. The van der Waals surface area contributed by atoms with Crippen LogP contribution in [0.25, 0.3) is 11.3 Å². The topological polar surface area (TPSA) is 121 Å². The Hall–Kier alpha value is -5.08. The maximum atomic E-state index is 8.49. The molecule has 270 valence electrons. The summed E-state index contributed by atoms with van der Waals surface area (Å²) in [4.78, 5) is 7.37. The molecule has 5 rings (SSSR count). The number of rotatable bonds is 13. The summed E-state index contributed by atoms with van der Waals surface area (Å²) in [6.07, 6.45) is 10.5. The number of nitrogens with one attached hydrogen (secondary N) is 3. The van der Waals surface area contributed by atoms with Gasteiger partial charge < -0.3 is 36.9 Å². The van der Waals surface area contributed by atoms with Crippen LogP contribution in [0, 0.1) is 17.7 Å². The van der Waals surface area contributed by atoms with Crippen LogP contribution in [0.3, 0.4) is 0 Å². The molecule has 8 heteroatoms. The van der Waals surface area contributed by atoms with Crippen molar-refractivity contribution in [2.24, 2.45) is 11.5 Å². The second-order valence-corrected chi connectivity index (χ2v) is 13.5. The molecular weight excluding hydrogens is 629 g/mol. The smallest absolute Gasteiger partial charge is 0.123 e. The molecule has 2 aliphatic heterocycles. The van der Waals surface area contributed by atoms with E-state index < -0.39 is 0 Å². The molecule has 0 saturated carbocycles. The zero-order chi connectivity index (χ0) is 36.9. The van der Waals surface area contributed by atoms with Gasteiger partial charge in [-0.1, -0.05) is 81.3 Å². The number of amidine groups is 1. The Morgan fingerprint density at radius 2 is 1.55 bits per heavy atom. The Bertz CT molecular complexity index is 1660. The van der Waals surface area contributed by atoms with Crippen molar-refractivity contribution in [3.05, 3.63) is 133 Å². The Balaban J connectivity index is 0.00000188. The van der Waals surface area contributed by atoms with Gasteiger partial charge in [-0.25, -0.2) is 0 Å². The summed E-state index contributed by atoms with van der Waals surface area (Å²) in [7, 11) is 0. The molecule has 0 aromatic heterocycles. The zero-order valence-electron chi connectivity index (χ0n) is 30.9. The van der Waals surface area contributed by atoms with Crippen LogP contribution in [0.15, 0.2) is 111 Å². The number of nitrogens with two attached hydrogens (primary N) is 2. The molecule has 2 heterocycles. The average Bonchev–Trinajstić information content (AvgIpc) is 3.15. The van der Waals surface area contributed by atoms with E-state index in [2.05, 4.69) is 96.6 Å². The second-order valence-electron chi connectivity index (χ2n) is 13.5. The van der Waals surface area contributed by atoms with Crippen molar-refractivity contribution in [3.8, 4) is 0 Å². The molecule has 1 atom stereocenters. The molecule has 2 saturated heterocycles. The van der Waals surface area contributed by atoms with Crippen molar-refractivity contribution >= 4 is 34.2 Å². The molecule has 1 unspecified atom stereocenters. The lowest BCUT2D eigenvalue weighted by molar-refractivity contribution is 0.136.